The van der Waals surface area contributed by atoms with Crippen LogP contribution in [0.15, 0.2) is 29.3 Å². The molecule has 0 saturated carbocycles. The van der Waals surface area contributed by atoms with Crippen LogP contribution in [0.1, 0.15) is 0 Å². The number of nitrogens with two attached hydrogens (primary N) is 1. The van der Waals surface area contributed by atoms with E-state index < -0.39 is 10.4 Å². The van der Waals surface area contributed by atoms with Gasteiger partial charge in [-0.15, -0.1) is 0 Å². The summed E-state index contributed by atoms with van der Waals surface area (Å²) in [6.45, 7) is 0. The molecule has 0 bridgehead atoms. The van der Waals surface area contributed by atoms with Crippen molar-refractivity contribution >= 4 is 44.6 Å². The smallest absolute Gasteiger partial charge is 0.378 e. The molecule has 0 atom stereocenters. The zero-order valence-corrected chi connectivity index (χ0v) is 11.1. The largest absolute Gasteiger partial charge is 0.394 e. The fraction of sp³-hybridized carbons (Fsp3) is 0.125. The summed E-state index contributed by atoms with van der Waals surface area (Å²) in [6, 6.07) is 7.22. The fourth-order valence-electron chi connectivity index (χ4n) is 0.689. The molecule has 0 spiro atoms. The number of hydrogen-bond donors (Lipinski definition) is 3. The summed E-state index contributed by atoms with van der Waals surface area (Å²) in [7, 11) is -4.67. The number of hydrogen-bond acceptors (Lipinski definition) is 4. The first-order valence-electron chi connectivity index (χ1n) is 4.06. The normalized spacial score (nSPS) is 11.6. The van der Waals surface area contributed by atoms with Gasteiger partial charge in [0.15, 0.2) is 5.17 Å². The molecule has 0 aliphatic rings. The number of amidine groups is 1. The molecule has 1 aromatic carbocycles. The highest BCUT2D eigenvalue weighted by molar-refractivity contribution is 8.13. The van der Waals surface area contributed by atoms with Gasteiger partial charge in [-0.25, -0.2) is 4.99 Å². The molecule has 9 heteroatoms. The van der Waals surface area contributed by atoms with E-state index in [1.807, 2.05) is 18.4 Å². The van der Waals surface area contributed by atoms with Crippen molar-refractivity contribution in [2.24, 2.45) is 10.7 Å². The maximum absolute atomic E-state index is 8.74. The van der Waals surface area contributed by atoms with E-state index in [-0.39, 0.29) is 0 Å². The molecule has 0 unspecified atom stereocenters. The van der Waals surface area contributed by atoms with Crippen LogP contribution in [0.25, 0.3) is 0 Å². The minimum Gasteiger partial charge on any atom is -0.378 e. The number of aliphatic imine (C=N–C) groups is 1. The Bertz CT molecular complexity index is 465. The SMILES string of the molecule is CSC(N)=Nc1ccc(Cl)cc1.O=S(=O)(O)O. The van der Waals surface area contributed by atoms with Crippen LogP contribution < -0.4 is 5.73 Å². The summed E-state index contributed by atoms with van der Waals surface area (Å²) in [5.74, 6) is 0. The zero-order chi connectivity index (χ0) is 13.5. The minimum atomic E-state index is -4.67. The van der Waals surface area contributed by atoms with Gasteiger partial charge in [0, 0.05) is 5.02 Å². The molecular weight excluding hydrogens is 288 g/mol. The third kappa shape index (κ3) is 11.5. The van der Waals surface area contributed by atoms with Gasteiger partial charge >= 0.3 is 10.4 Å². The van der Waals surface area contributed by atoms with E-state index in [0.717, 1.165) is 5.69 Å². The van der Waals surface area contributed by atoms with Gasteiger partial charge in [-0.05, 0) is 30.5 Å². The van der Waals surface area contributed by atoms with E-state index >= 15 is 0 Å². The molecule has 1 rings (SSSR count). The van der Waals surface area contributed by atoms with E-state index in [1.165, 1.54) is 11.8 Å². The summed E-state index contributed by atoms with van der Waals surface area (Å²) in [6.07, 6.45) is 1.88. The van der Waals surface area contributed by atoms with Crippen LogP contribution in [0, 0.1) is 0 Å². The highest BCUT2D eigenvalue weighted by Gasteiger charge is 1.91. The monoisotopic (exact) mass is 298 g/mol. The van der Waals surface area contributed by atoms with E-state index in [2.05, 4.69) is 4.99 Å². The van der Waals surface area contributed by atoms with Gasteiger partial charge in [0.05, 0.1) is 5.69 Å². The summed E-state index contributed by atoms with van der Waals surface area (Å²) < 4.78 is 31.6. The number of nitrogens with zero attached hydrogens (tertiary/aromatic N) is 1. The predicted molar refractivity (Wildman–Crippen MR) is 70.4 cm³/mol. The standard InChI is InChI=1S/C8H9ClN2S.H2O4S/c1-12-8(10)11-7-4-2-6(9)3-5-7;1-5(2,3)4/h2-5H,1H3,(H2,10,11);(H2,1,2,3,4). The first kappa shape index (κ1) is 16.2. The maximum atomic E-state index is 8.74. The highest BCUT2D eigenvalue weighted by atomic mass is 35.5. The summed E-state index contributed by atoms with van der Waals surface area (Å²) >= 11 is 7.12. The molecule has 0 amide bonds. The van der Waals surface area contributed by atoms with E-state index in [0.29, 0.717) is 10.2 Å². The number of thioether (sulfide) groups is 1. The second-order valence-electron chi connectivity index (χ2n) is 2.58. The van der Waals surface area contributed by atoms with Gasteiger partial charge in [-0.1, -0.05) is 23.4 Å². The maximum Gasteiger partial charge on any atom is 0.394 e. The third-order valence-electron chi connectivity index (χ3n) is 1.28. The number of benzene rings is 1. The quantitative estimate of drug-likeness (QED) is 0.415. The average molecular weight is 299 g/mol. The number of rotatable bonds is 1. The van der Waals surface area contributed by atoms with Crippen LogP contribution in [-0.4, -0.2) is 28.9 Å². The fourth-order valence-corrected chi connectivity index (χ4v) is 1.01. The number of halogens is 1. The van der Waals surface area contributed by atoms with Gasteiger partial charge in [0.25, 0.3) is 0 Å². The molecule has 0 saturated heterocycles. The van der Waals surface area contributed by atoms with Crippen molar-refractivity contribution in [3.8, 4) is 0 Å². The van der Waals surface area contributed by atoms with Crippen molar-refractivity contribution in [2.45, 2.75) is 0 Å². The molecule has 1 aromatic rings. The van der Waals surface area contributed by atoms with Gasteiger partial charge < -0.3 is 5.73 Å². The topological polar surface area (TPSA) is 113 Å². The summed E-state index contributed by atoms with van der Waals surface area (Å²) in [5, 5.41) is 1.26. The molecule has 96 valence electrons. The lowest BCUT2D eigenvalue weighted by molar-refractivity contribution is 0.381. The van der Waals surface area contributed by atoms with Crippen LogP contribution in [0.5, 0.6) is 0 Å². The molecule has 0 aliphatic heterocycles. The Kier molecular flexibility index (Phi) is 7.16. The second-order valence-corrected chi connectivity index (χ2v) is 4.74. The lowest BCUT2D eigenvalue weighted by Crippen LogP contribution is -2.03. The van der Waals surface area contributed by atoms with Gasteiger partial charge in [0.2, 0.25) is 0 Å². The molecule has 17 heavy (non-hydrogen) atoms. The first-order valence-corrected chi connectivity index (χ1v) is 7.06. The Morgan fingerprint density at radius 1 is 1.35 bits per heavy atom. The third-order valence-corrected chi connectivity index (χ3v) is 2.04. The van der Waals surface area contributed by atoms with Crippen molar-refractivity contribution in [1.29, 1.82) is 0 Å². The second kappa shape index (κ2) is 7.51. The van der Waals surface area contributed by atoms with Crippen molar-refractivity contribution in [2.75, 3.05) is 6.26 Å². The van der Waals surface area contributed by atoms with Crippen LogP contribution >= 0.6 is 23.4 Å². The minimum absolute atomic E-state index is 0.553. The average Bonchev–Trinajstić information content (AvgIpc) is 2.19. The Balaban J connectivity index is 0.000000437. The molecule has 0 aliphatic carbocycles. The molecular formula is C8H11ClN2O4S2. The molecule has 0 fully saturated rings. The van der Waals surface area contributed by atoms with Crippen LogP contribution in [0.3, 0.4) is 0 Å². The van der Waals surface area contributed by atoms with E-state index in [9.17, 15) is 0 Å². The van der Waals surface area contributed by atoms with Crippen molar-refractivity contribution in [3.63, 3.8) is 0 Å². The highest BCUT2D eigenvalue weighted by Crippen LogP contribution is 2.16. The van der Waals surface area contributed by atoms with Crippen LogP contribution in [-0.2, 0) is 10.4 Å². The van der Waals surface area contributed by atoms with Gasteiger partial charge in [0.1, 0.15) is 0 Å². The Hall–Kier alpha value is -0.800. The first-order chi connectivity index (χ1) is 7.72. The molecule has 0 heterocycles. The molecule has 0 aromatic heterocycles. The van der Waals surface area contributed by atoms with Crippen LogP contribution in [0.2, 0.25) is 5.02 Å². The molecule has 6 nitrogen and oxygen atoms in total. The molecule has 0 radical (unpaired) electrons. The summed E-state index contributed by atoms with van der Waals surface area (Å²) in [5.41, 5.74) is 6.35. The van der Waals surface area contributed by atoms with E-state index in [4.69, 9.17) is 34.9 Å². The Morgan fingerprint density at radius 2 is 1.76 bits per heavy atom. The van der Waals surface area contributed by atoms with Crippen molar-refractivity contribution < 1.29 is 17.5 Å². The van der Waals surface area contributed by atoms with Gasteiger partial charge in [-0.2, -0.15) is 8.42 Å². The van der Waals surface area contributed by atoms with Crippen molar-refractivity contribution in [3.05, 3.63) is 29.3 Å². The summed E-state index contributed by atoms with van der Waals surface area (Å²) in [4.78, 5) is 4.12. The zero-order valence-electron chi connectivity index (χ0n) is 8.74. The van der Waals surface area contributed by atoms with Gasteiger partial charge in [-0.3, -0.25) is 9.11 Å². The van der Waals surface area contributed by atoms with E-state index in [1.54, 1.807) is 12.1 Å². The Labute approximate surface area is 108 Å². The molecule has 4 N–H and O–H groups in total. The lowest BCUT2D eigenvalue weighted by atomic mass is 10.3. The van der Waals surface area contributed by atoms with Crippen LogP contribution in [0.4, 0.5) is 5.69 Å². The predicted octanol–water partition coefficient (Wildman–Crippen LogP) is 2.00. The Morgan fingerprint density at radius 3 is 2.12 bits per heavy atom. The van der Waals surface area contributed by atoms with Crippen molar-refractivity contribution in [1.82, 2.24) is 0 Å². The lowest BCUT2D eigenvalue weighted by Gasteiger charge is -1.95.